The molecule has 2 aromatic carbocycles. The molecule has 0 radical (unpaired) electrons. The number of ether oxygens (including phenoxy) is 2. The summed E-state index contributed by atoms with van der Waals surface area (Å²) in [5.41, 5.74) is 3.54. The summed E-state index contributed by atoms with van der Waals surface area (Å²) in [4.78, 5) is 21.7. The average molecular weight is 540 g/mol. The Kier molecular flexibility index (Phi) is 7.45. The quantitative estimate of drug-likeness (QED) is 0.310. The fourth-order valence-electron chi connectivity index (χ4n) is 4.04. The van der Waals surface area contributed by atoms with Crippen molar-refractivity contribution in [1.82, 2.24) is 14.7 Å². The number of aromatic nitrogens is 2. The number of carbonyl (C=O) groups excluding carboxylic acids is 1. The minimum absolute atomic E-state index is 0. The maximum absolute atomic E-state index is 14.1. The molecule has 0 saturated carbocycles. The molecule has 0 aliphatic heterocycles. The Morgan fingerprint density at radius 1 is 0.947 bits per heavy atom. The molecule has 0 spiro atoms. The Balaban J connectivity index is 0.00000280. The summed E-state index contributed by atoms with van der Waals surface area (Å²) in [6, 6.07) is 15.1. The number of methoxy groups -OCH3 is 1. The molecule has 0 saturated heterocycles. The van der Waals surface area contributed by atoms with Gasteiger partial charge in [0.25, 0.3) is 15.9 Å². The smallest absolute Gasteiger partial charge is 0.281 e. The van der Waals surface area contributed by atoms with Crippen molar-refractivity contribution in [3.05, 3.63) is 94.4 Å². The second kappa shape index (κ2) is 10.6. The van der Waals surface area contributed by atoms with Gasteiger partial charge in [0.05, 0.1) is 12.8 Å². The number of halogens is 1. The molecule has 0 unspecified atom stereocenters. The minimum Gasteiger partial charge on any atom is -0.496 e. The molecule has 1 amide bonds. The number of rotatable bonds is 7. The van der Waals surface area contributed by atoms with E-state index < -0.39 is 21.7 Å². The summed E-state index contributed by atoms with van der Waals surface area (Å²) in [5, 5.41) is -0.299. The lowest BCUT2D eigenvalue weighted by atomic mass is 10.1. The molecule has 0 aliphatic carbocycles. The van der Waals surface area contributed by atoms with Crippen molar-refractivity contribution in [3.63, 3.8) is 0 Å². The van der Waals surface area contributed by atoms with Gasteiger partial charge in [-0.25, -0.2) is 19.1 Å². The van der Waals surface area contributed by atoms with Crippen LogP contribution in [-0.2, 0) is 10.0 Å². The lowest BCUT2D eigenvalue weighted by Gasteiger charge is -2.16. The van der Waals surface area contributed by atoms with Crippen molar-refractivity contribution in [3.8, 4) is 28.6 Å². The van der Waals surface area contributed by atoms with Crippen molar-refractivity contribution >= 4 is 15.9 Å². The summed E-state index contributed by atoms with van der Waals surface area (Å²) in [6.45, 7) is 7.29. The van der Waals surface area contributed by atoms with Crippen LogP contribution in [0, 0.1) is 33.5 Å². The van der Waals surface area contributed by atoms with Crippen LogP contribution in [0.3, 0.4) is 0 Å². The Bertz CT molecular complexity index is 1640. The number of hydrogen-bond acceptors (Lipinski definition) is 7. The number of sulfonamides is 1. The zero-order chi connectivity index (χ0) is 27.6. The predicted octanol–water partition coefficient (Wildman–Crippen LogP) is 5.93. The van der Waals surface area contributed by atoms with Gasteiger partial charge in [-0.15, -0.1) is 0 Å². The van der Waals surface area contributed by atoms with E-state index in [0.29, 0.717) is 22.8 Å². The topological polar surface area (TPSA) is 107 Å². The molecule has 4 rings (SSSR count). The first kappa shape index (κ1) is 26.7. The van der Waals surface area contributed by atoms with Crippen LogP contribution in [0.1, 0.15) is 35.6 Å². The van der Waals surface area contributed by atoms with Gasteiger partial charge in [-0.05, 0) is 81.3 Å². The zero-order valence-electron chi connectivity index (χ0n) is 21.5. The van der Waals surface area contributed by atoms with Gasteiger partial charge in [-0.1, -0.05) is 23.8 Å². The summed E-state index contributed by atoms with van der Waals surface area (Å²) in [7, 11) is -2.84. The molecule has 10 heteroatoms. The Morgan fingerprint density at radius 3 is 2.32 bits per heavy atom. The second-order valence-corrected chi connectivity index (χ2v) is 10.4. The first-order chi connectivity index (χ1) is 18.0. The lowest BCUT2D eigenvalue weighted by Crippen LogP contribution is -2.31. The molecule has 1 N–H and O–H groups in total. The van der Waals surface area contributed by atoms with E-state index >= 15 is 0 Å². The third-order valence-corrected chi connectivity index (χ3v) is 6.94. The SMILES string of the molecule is COc1ccc(F)cc1-c1ccc(C(=O)NS(=O)(=O)c2cccc(C)n2)c(Oc2c(C)cc(C)cc2C)n1.[HH].[HH]. The molecule has 0 bridgehead atoms. The van der Waals surface area contributed by atoms with Crippen LogP contribution < -0.4 is 14.2 Å². The van der Waals surface area contributed by atoms with Crippen LogP contribution in [0.25, 0.3) is 11.3 Å². The summed E-state index contributed by atoms with van der Waals surface area (Å²) in [6.07, 6.45) is 0. The summed E-state index contributed by atoms with van der Waals surface area (Å²) in [5.74, 6) is -0.805. The number of hydrogen-bond donors (Lipinski definition) is 1. The number of nitrogens with one attached hydrogen (secondary N) is 1. The first-order valence-electron chi connectivity index (χ1n) is 11.6. The zero-order valence-corrected chi connectivity index (χ0v) is 22.3. The third-order valence-electron chi connectivity index (χ3n) is 5.71. The van der Waals surface area contributed by atoms with Crippen LogP contribution in [0.4, 0.5) is 4.39 Å². The first-order valence-corrected chi connectivity index (χ1v) is 13.1. The van der Waals surface area contributed by atoms with Crippen LogP contribution in [-0.4, -0.2) is 31.4 Å². The molecule has 0 atom stereocenters. The average Bonchev–Trinajstić information content (AvgIpc) is 2.85. The highest BCUT2D eigenvalue weighted by Crippen LogP contribution is 2.35. The second-order valence-electron chi connectivity index (χ2n) is 8.78. The van der Waals surface area contributed by atoms with Gasteiger partial charge in [-0.3, -0.25) is 4.79 Å². The Hall–Kier alpha value is -4.31. The number of nitrogens with zero attached hydrogens (tertiary/aromatic N) is 2. The third kappa shape index (κ3) is 5.65. The van der Waals surface area contributed by atoms with Gasteiger partial charge in [0.15, 0.2) is 5.03 Å². The van der Waals surface area contributed by atoms with E-state index in [4.69, 9.17) is 9.47 Å². The van der Waals surface area contributed by atoms with Crippen LogP contribution in [0.15, 0.2) is 65.7 Å². The monoisotopic (exact) mass is 539 g/mol. The predicted molar refractivity (Wildman–Crippen MR) is 145 cm³/mol. The Morgan fingerprint density at radius 2 is 1.66 bits per heavy atom. The van der Waals surface area contributed by atoms with E-state index in [2.05, 4.69) is 9.97 Å². The van der Waals surface area contributed by atoms with Crippen molar-refractivity contribution in [2.45, 2.75) is 32.7 Å². The molecular formula is C28H30FN3O5S. The van der Waals surface area contributed by atoms with Crippen molar-refractivity contribution in [1.29, 1.82) is 0 Å². The molecule has 0 aliphatic rings. The summed E-state index contributed by atoms with van der Waals surface area (Å²) < 4.78 is 53.4. The van der Waals surface area contributed by atoms with E-state index in [0.717, 1.165) is 16.7 Å². The van der Waals surface area contributed by atoms with Gasteiger partial charge in [0.1, 0.15) is 22.9 Å². The fourth-order valence-corrected chi connectivity index (χ4v) is 5.02. The van der Waals surface area contributed by atoms with Crippen LogP contribution in [0.2, 0.25) is 0 Å². The molecular weight excluding hydrogens is 509 g/mol. The number of benzene rings is 2. The van der Waals surface area contributed by atoms with Gasteiger partial charge >= 0.3 is 0 Å². The minimum atomic E-state index is -4.28. The van der Waals surface area contributed by atoms with E-state index in [-0.39, 0.29) is 25.0 Å². The highest BCUT2D eigenvalue weighted by molar-refractivity contribution is 7.90. The van der Waals surface area contributed by atoms with Gasteiger partial charge in [-0.2, -0.15) is 8.42 Å². The van der Waals surface area contributed by atoms with Gasteiger partial charge in [0.2, 0.25) is 5.88 Å². The molecule has 2 aromatic heterocycles. The standard InChI is InChI=1S/C28H26FN3O5S.2H2/c1-16-13-17(2)26(18(3)14-16)37-28-21(27(33)32-38(34,35)25-8-6-7-19(4)30-25)10-11-23(31-28)22-15-20(29)9-12-24(22)36-5;;/h6-15H,1-5H3,(H,32,33);2*1H. The molecule has 8 nitrogen and oxygen atoms in total. The van der Waals surface area contributed by atoms with E-state index in [1.165, 1.54) is 49.6 Å². The van der Waals surface area contributed by atoms with Gasteiger partial charge in [0, 0.05) is 14.1 Å². The largest absolute Gasteiger partial charge is 0.496 e. The lowest BCUT2D eigenvalue weighted by molar-refractivity contribution is 0.0978. The van der Waals surface area contributed by atoms with Crippen LogP contribution in [0.5, 0.6) is 17.4 Å². The van der Waals surface area contributed by atoms with E-state index in [9.17, 15) is 17.6 Å². The summed E-state index contributed by atoms with van der Waals surface area (Å²) >= 11 is 0. The number of pyridine rings is 2. The molecule has 4 aromatic rings. The number of aryl methyl sites for hydroxylation is 4. The van der Waals surface area contributed by atoms with Crippen molar-refractivity contribution < 1.29 is 29.9 Å². The number of amides is 1. The van der Waals surface area contributed by atoms with E-state index in [1.54, 1.807) is 13.0 Å². The normalized spacial score (nSPS) is 11.2. The highest BCUT2D eigenvalue weighted by Gasteiger charge is 2.25. The van der Waals surface area contributed by atoms with Crippen molar-refractivity contribution in [2.75, 3.05) is 7.11 Å². The molecule has 2 heterocycles. The van der Waals surface area contributed by atoms with Crippen molar-refractivity contribution in [2.24, 2.45) is 0 Å². The molecule has 38 heavy (non-hydrogen) atoms. The maximum atomic E-state index is 14.1. The maximum Gasteiger partial charge on any atom is 0.281 e. The fraction of sp³-hybridized carbons (Fsp3) is 0.179. The number of carbonyl (C=O) groups is 1. The molecule has 200 valence electrons. The van der Waals surface area contributed by atoms with E-state index in [1.807, 2.05) is 37.6 Å². The molecule has 0 fully saturated rings. The van der Waals surface area contributed by atoms with Gasteiger partial charge < -0.3 is 9.47 Å². The van der Waals surface area contributed by atoms with Crippen LogP contribution >= 0.6 is 0 Å². The Labute approximate surface area is 223 Å². The highest BCUT2D eigenvalue weighted by atomic mass is 32.2.